The van der Waals surface area contributed by atoms with E-state index in [-0.39, 0.29) is 29.6 Å². The van der Waals surface area contributed by atoms with Crippen LogP contribution >= 0.6 is 0 Å². The highest BCUT2D eigenvalue weighted by Gasteiger charge is 2.75. The molecule has 3 saturated carbocycles. The summed E-state index contributed by atoms with van der Waals surface area (Å²) in [6.45, 7) is 4.97. The summed E-state index contributed by atoms with van der Waals surface area (Å²) in [6.07, 6.45) is 9.85. The predicted octanol–water partition coefficient (Wildman–Crippen LogP) is 0.00830. The minimum Gasteiger partial charge on any atom is -0.545 e. The van der Waals surface area contributed by atoms with Gasteiger partial charge in [-0.25, -0.2) is 4.99 Å². The van der Waals surface area contributed by atoms with Crippen molar-refractivity contribution in [3.63, 3.8) is 0 Å². The monoisotopic (exact) mass is 502 g/mol. The first-order valence-corrected chi connectivity index (χ1v) is 14.2. The molecule has 8 heteroatoms. The number of allylic oxidation sites excluding steroid dienone is 1. The molecule has 0 aromatic rings. The zero-order chi connectivity index (χ0) is 25.7. The highest BCUT2D eigenvalue weighted by atomic mass is 16.5. The summed E-state index contributed by atoms with van der Waals surface area (Å²) >= 11 is 0. The van der Waals surface area contributed by atoms with E-state index in [0.29, 0.717) is 24.2 Å². The number of carboxylic acids is 1. The van der Waals surface area contributed by atoms with Crippen LogP contribution in [0.1, 0.15) is 71.1 Å². The number of aliphatic carboxylic acids is 1. The quantitative estimate of drug-likeness (QED) is 0.300. The molecule has 1 heterocycles. The average Bonchev–Trinajstić information content (AvgIpc) is 3.22. The van der Waals surface area contributed by atoms with E-state index in [9.17, 15) is 15.0 Å². The number of nitrogens with one attached hydrogen (secondary N) is 2. The highest BCUT2D eigenvalue weighted by molar-refractivity contribution is 5.90. The number of likely N-dealkylation sites (tertiary alicyclic amines) is 1. The second-order valence-corrected chi connectivity index (χ2v) is 12.5. The standard InChI is InChI=1S/C28H46N4O4/c1-18-9-10-19-13-22-23(24(33)34)26(35,17-36-21-7-5-4-6-8-21)15-27(18,22)28(19)16-32(25(29)31-3)12-11-20(28)14-30-2/h18-21,30,35H,4-17H2,1-3H3,(H2,29,31)(H,33,34)/t18-,19-,20-,26+,27+,28-/m1/s1. The number of ether oxygens (including phenoxy) is 1. The van der Waals surface area contributed by atoms with E-state index >= 15 is 0 Å². The number of aliphatic imine (C=N–C) groups is 1. The van der Waals surface area contributed by atoms with E-state index in [0.717, 1.165) is 76.6 Å². The number of quaternary nitrogens is 1. The van der Waals surface area contributed by atoms with Gasteiger partial charge in [0.1, 0.15) is 5.60 Å². The zero-order valence-electron chi connectivity index (χ0n) is 22.4. The smallest absolute Gasteiger partial charge is 0.293 e. The molecule has 0 amide bonds. The lowest BCUT2D eigenvalue weighted by atomic mass is 9.45. The molecule has 1 unspecified atom stereocenters. The Balaban J connectivity index is 1.60. The summed E-state index contributed by atoms with van der Waals surface area (Å²) in [5, 5.41) is 28.4. The molecule has 5 N–H and O–H groups in total. The number of carbonyl (C=O) groups is 1. The molecular formula is C28H46N4O4. The van der Waals surface area contributed by atoms with Crippen molar-refractivity contribution in [1.29, 1.82) is 0 Å². The second-order valence-electron chi connectivity index (χ2n) is 12.5. The van der Waals surface area contributed by atoms with Crippen LogP contribution in [0.25, 0.3) is 0 Å². The summed E-state index contributed by atoms with van der Waals surface area (Å²) in [5.41, 5.74) is 5.45. The topological polar surface area (TPSA) is 124 Å². The minimum atomic E-state index is -1.51. The van der Waals surface area contributed by atoms with E-state index in [1.165, 1.54) is 11.3 Å². The number of nitrogens with two attached hydrogens (primary N) is 1. The fourth-order valence-corrected chi connectivity index (χ4v) is 9.69. The molecular weight excluding hydrogens is 456 g/mol. The number of hydrogen-bond acceptors (Lipinski definition) is 6. The van der Waals surface area contributed by atoms with E-state index in [2.05, 4.69) is 17.2 Å². The van der Waals surface area contributed by atoms with Crippen LogP contribution in [0.2, 0.25) is 0 Å². The molecule has 7 atom stereocenters. The second kappa shape index (κ2) is 9.68. The molecule has 8 nitrogen and oxygen atoms in total. The van der Waals surface area contributed by atoms with Gasteiger partial charge in [-0.2, -0.15) is 0 Å². The normalized spacial score (nSPS) is 43.3. The Morgan fingerprint density at radius 2 is 2.00 bits per heavy atom. The van der Waals surface area contributed by atoms with Crippen molar-refractivity contribution >= 4 is 11.9 Å². The Morgan fingerprint density at radius 1 is 1.25 bits per heavy atom. The first kappa shape index (κ1) is 26.1. The Morgan fingerprint density at radius 3 is 2.67 bits per heavy atom. The van der Waals surface area contributed by atoms with Crippen molar-refractivity contribution in [3.05, 3.63) is 11.1 Å². The van der Waals surface area contributed by atoms with Gasteiger partial charge in [0.15, 0.2) is 0 Å². The van der Waals surface area contributed by atoms with Crippen molar-refractivity contribution < 1.29 is 24.6 Å². The molecule has 4 aliphatic carbocycles. The summed E-state index contributed by atoms with van der Waals surface area (Å²) in [5.74, 6) is 0.436. The number of aliphatic hydroxyl groups is 1. The van der Waals surface area contributed by atoms with Crippen molar-refractivity contribution in [2.45, 2.75) is 82.8 Å². The molecule has 4 fully saturated rings. The van der Waals surface area contributed by atoms with Crippen LogP contribution in [0.4, 0.5) is 0 Å². The van der Waals surface area contributed by atoms with Gasteiger partial charge in [-0.3, -0.25) is 4.90 Å². The van der Waals surface area contributed by atoms with Gasteiger partial charge in [0.2, 0.25) is 0 Å². The van der Waals surface area contributed by atoms with Gasteiger partial charge in [-0.05, 0) is 69.9 Å². The third-order valence-electron chi connectivity index (χ3n) is 11.1. The van der Waals surface area contributed by atoms with Gasteiger partial charge in [-0.15, -0.1) is 0 Å². The van der Waals surface area contributed by atoms with Crippen LogP contribution in [0.3, 0.4) is 0 Å². The molecule has 36 heavy (non-hydrogen) atoms. The molecule has 1 aliphatic heterocycles. The van der Waals surface area contributed by atoms with Crippen molar-refractivity contribution in [3.8, 4) is 0 Å². The van der Waals surface area contributed by atoms with Crippen LogP contribution < -0.4 is 21.1 Å². The zero-order valence-corrected chi connectivity index (χ0v) is 22.4. The lowest BCUT2D eigenvalue weighted by Crippen LogP contribution is -3.19. The van der Waals surface area contributed by atoms with E-state index in [1.807, 2.05) is 7.05 Å². The van der Waals surface area contributed by atoms with Gasteiger partial charge in [0.25, 0.3) is 5.96 Å². The Labute approximate surface area is 215 Å². The summed E-state index contributed by atoms with van der Waals surface area (Å²) in [4.78, 5) is 18.3. The van der Waals surface area contributed by atoms with Gasteiger partial charge in [-0.1, -0.05) is 31.8 Å². The van der Waals surface area contributed by atoms with E-state index < -0.39 is 17.0 Å². The van der Waals surface area contributed by atoms with Crippen LogP contribution in [-0.4, -0.2) is 69.1 Å². The SMILES string of the molecule is CN=C(N)[NH+]1CC[C@H](CNC)[C@@]2(C1)[C@@H]1CC[C@@H](C)[C@]23C[C@](O)(COC2CCCCC2)C(C(=O)[O-])=C3C1. The molecule has 1 saturated heterocycles. The maximum Gasteiger partial charge on any atom is 0.293 e. The molecule has 5 aliphatic rings. The van der Waals surface area contributed by atoms with Crippen molar-refractivity contribution in [2.75, 3.05) is 40.3 Å². The average molecular weight is 503 g/mol. The summed E-state index contributed by atoms with van der Waals surface area (Å²) in [6, 6.07) is 0. The van der Waals surface area contributed by atoms with Crippen LogP contribution in [0.15, 0.2) is 16.1 Å². The van der Waals surface area contributed by atoms with Gasteiger partial charge >= 0.3 is 0 Å². The van der Waals surface area contributed by atoms with Crippen LogP contribution in [0.5, 0.6) is 0 Å². The molecule has 2 bridgehead atoms. The van der Waals surface area contributed by atoms with E-state index in [4.69, 9.17) is 10.5 Å². The first-order chi connectivity index (χ1) is 17.2. The fourth-order valence-electron chi connectivity index (χ4n) is 9.69. The Bertz CT molecular complexity index is 931. The largest absolute Gasteiger partial charge is 0.545 e. The molecule has 5 rings (SSSR count). The maximum atomic E-state index is 12.8. The third kappa shape index (κ3) is 3.69. The Kier molecular flexibility index (Phi) is 7.03. The number of nitrogens with zero attached hydrogens (tertiary/aromatic N) is 1. The molecule has 2 spiro atoms. The van der Waals surface area contributed by atoms with Crippen molar-refractivity contribution in [1.82, 2.24) is 5.32 Å². The fraction of sp³-hybridized carbons (Fsp3) is 0.857. The number of piperidine rings is 1. The maximum absolute atomic E-state index is 12.8. The number of rotatable bonds is 6. The van der Waals surface area contributed by atoms with Crippen LogP contribution in [-0.2, 0) is 9.53 Å². The molecule has 0 aromatic carbocycles. The van der Waals surface area contributed by atoms with Gasteiger partial charge in [0.05, 0.1) is 31.8 Å². The predicted molar refractivity (Wildman–Crippen MR) is 136 cm³/mol. The lowest BCUT2D eigenvalue weighted by molar-refractivity contribution is -0.828. The highest BCUT2D eigenvalue weighted by Crippen LogP contribution is 2.76. The molecule has 0 radical (unpaired) electrons. The molecule has 202 valence electrons. The van der Waals surface area contributed by atoms with Gasteiger partial charge < -0.3 is 30.8 Å². The third-order valence-corrected chi connectivity index (χ3v) is 11.1. The lowest BCUT2D eigenvalue weighted by Gasteiger charge is -2.60. The van der Waals surface area contributed by atoms with Crippen molar-refractivity contribution in [2.24, 2.45) is 39.3 Å². The number of carbonyl (C=O) groups excluding carboxylic acids is 1. The summed E-state index contributed by atoms with van der Waals surface area (Å²) < 4.78 is 6.28. The Hall–Kier alpha value is -1.48. The minimum absolute atomic E-state index is 0.0471. The number of hydrogen-bond donors (Lipinski definition) is 4. The number of guanidine groups is 1. The van der Waals surface area contributed by atoms with E-state index in [1.54, 1.807) is 7.05 Å². The summed E-state index contributed by atoms with van der Waals surface area (Å²) in [7, 11) is 3.76. The molecule has 0 aromatic heterocycles. The van der Waals surface area contributed by atoms with Gasteiger partial charge in [0, 0.05) is 29.9 Å². The first-order valence-electron chi connectivity index (χ1n) is 14.2. The van der Waals surface area contributed by atoms with Crippen LogP contribution in [0, 0.1) is 28.6 Å². The number of carboxylic acid groups (broad SMARTS) is 1.